The van der Waals surface area contributed by atoms with Crippen LogP contribution in [0.5, 0.6) is 0 Å². The van der Waals surface area contributed by atoms with Crippen molar-refractivity contribution in [2.45, 2.75) is 19.3 Å². The number of carbonyl (C=O) groups is 1. The minimum Gasteiger partial charge on any atom is -0.465 e. The number of benzene rings is 1. The molecule has 0 aliphatic carbocycles. The van der Waals surface area contributed by atoms with Crippen molar-refractivity contribution in [1.29, 1.82) is 0 Å². The molecule has 0 fully saturated rings. The average molecular weight is 255 g/mol. The van der Waals surface area contributed by atoms with Crippen LogP contribution in [0.2, 0.25) is 0 Å². The highest BCUT2D eigenvalue weighted by Crippen LogP contribution is 2.32. The number of ether oxygens (including phenoxy) is 1. The summed E-state index contributed by atoms with van der Waals surface area (Å²) >= 11 is 0. The summed E-state index contributed by atoms with van der Waals surface area (Å²) in [4.78, 5) is 16.4. The molecule has 0 radical (unpaired) electrons. The molecule has 0 amide bonds. The van der Waals surface area contributed by atoms with Gasteiger partial charge < -0.3 is 4.74 Å². The van der Waals surface area contributed by atoms with Gasteiger partial charge in [-0.05, 0) is 37.1 Å². The molecule has 1 heterocycles. The lowest BCUT2D eigenvalue weighted by atomic mass is 9.76. The molecule has 0 saturated heterocycles. The third-order valence-electron chi connectivity index (χ3n) is 3.29. The van der Waals surface area contributed by atoms with Crippen LogP contribution in [0, 0.1) is 0 Å². The zero-order valence-electron chi connectivity index (χ0n) is 11.2. The molecule has 1 atom stereocenters. The van der Waals surface area contributed by atoms with E-state index < -0.39 is 5.41 Å². The Balaban J connectivity index is 2.54. The second-order valence-corrected chi connectivity index (χ2v) is 4.45. The number of carbonyl (C=O) groups excluding carboxylic acids is 1. The molecule has 0 spiro atoms. The van der Waals surface area contributed by atoms with Gasteiger partial charge in [-0.1, -0.05) is 30.3 Å². The summed E-state index contributed by atoms with van der Waals surface area (Å²) in [6.07, 6.45) is 3.38. The average Bonchev–Trinajstić information content (AvgIpc) is 2.48. The topological polar surface area (TPSA) is 39.2 Å². The van der Waals surface area contributed by atoms with Crippen LogP contribution in [-0.4, -0.2) is 17.6 Å². The third kappa shape index (κ3) is 2.50. The van der Waals surface area contributed by atoms with Gasteiger partial charge in [-0.3, -0.25) is 9.78 Å². The van der Waals surface area contributed by atoms with Crippen LogP contribution in [-0.2, 0) is 14.9 Å². The van der Waals surface area contributed by atoms with Crippen molar-refractivity contribution in [3.05, 3.63) is 66.0 Å². The van der Waals surface area contributed by atoms with E-state index in [0.717, 1.165) is 11.1 Å². The fourth-order valence-corrected chi connectivity index (χ4v) is 2.13. The SMILES string of the molecule is CCOC(=O)C(C)(c1ccccc1)c1ccncc1. The van der Waals surface area contributed by atoms with Crippen LogP contribution in [0.1, 0.15) is 25.0 Å². The first-order chi connectivity index (χ1) is 9.19. The van der Waals surface area contributed by atoms with Gasteiger partial charge in [0, 0.05) is 12.4 Å². The molecule has 1 aromatic carbocycles. The van der Waals surface area contributed by atoms with Crippen LogP contribution in [0.3, 0.4) is 0 Å². The predicted octanol–water partition coefficient (Wildman–Crippen LogP) is 2.95. The number of hydrogen-bond acceptors (Lipinski definition) is 3. The van der Waals surface area contributed by atoms with Gasteiger partial charge in [0.25, 0.3) is 0 Å². The Bertz CT molecular complexity index is 498. The second-order valence-electron chi connectivity index (χ2n) is 4.45. The molecule has 98 valence electrons. The van der Waals surface area contributed by atoms with Crippen molar-refractivity contribution >= 4 is 5.97 Å². The van der Waals surface area contributed by atoms with Gasteiger partial charge in [-0.15, -0.1) is 0 Å². The molecule has 19 heavy (non-hydrogen) atoms. The van der Waals surface area contributed by atoms with Crippen LogP contribution in [0.25, 0.3) is 0 Å². The summed E-state index contributed by atoms with van der Waals surface area (Å²) in [6.45, 7) is 4.07. The van der Waals surface area contributed by atoms with Crippen LogP contribution < -0.4 is 0 Å². The Morgan fingerprint density at radius 2 is 1.68 bits per heavy atom. The highest BCUT2D eigenvalue weighted by Gasteiger charge is 2.38. The molecule has 2 aromatic rings. The van der Waals surface area contributed by atoms with E-state index in [0.29, 0.717) is 6.61 Å². The Morgan fingerprint density at radius 1 is 1.11 bits per heavy atom. The molecule has 3 nitrogen and oxygen atoms in total. The Hall–Kier alpha value is -2.16. The van der Waals surface area contributed by atoms with Crippen molar-refractivity contribution in [3.63, 3.8) is 0 Å². The minimum absolute atomic E-state index is 0.243. The molecule has 0 bridgehead atoms. The van der Waals surface area contributed by atoms with E-state index >= 15 is 0 Å². The number of pyridine rings is 1. The zero-order chi connectivity index (χ0) is 13.7. The number of rotatable bonds is 4. The number of esters is 1. The van der Waals surface area contributed by atoms with Gasteiger partial charge >= 0.3 is 5.97 Å². The quantitative estimate of drug-likeness (QED) is 0.788. The first-order valence-electron chi connectivity index (χ1n) is 6.33. The molecule has 0 aliphatic heterocycles. The van der Waals surface area contributed by atoms with Crippen LogP contribution in [0.4, 0.5) is 0 Å². The molecule has 0 aliphatic rings. The van der Waals surface area contributed by atoms with Gasteiger partial charge in [0.1, 0.15) is 5.41 Å². The van der Waals surface area contributed by atoms with Crippen molar-refractivity contribution in [2.24, 2.45) is 0 Å². The lowest BCUT2D eigenvalue weighted by Gasteiger charge is -2.28. The van der Waals surface area contributed by atoms with E-state index in [4.69, 9.17) is 4.74 Å². The van der Waals surface area contributed by atoms with E-state index in [1.807, 2.05) is 56.3 Å². The van der Waals surface area contributed by atoms with Crippen LogP contribution >= 0.6 is 0 Å². The molecular weight excluding hydrogens is 238 g/mol. The summed E-state index contributed by atoms with van der Waals surface area (Å²) < 4.78 is 5.26. The Kier molecular flexibility index (Phi) is 3.95. The molecule has 3 heteroatoms. The fraction of sp³-hybridized carbons (Fsp3) is 0.250. The van der Waals surface area contributed by atoms with Gasteiger partial charge in [0.2, 0.25) is 0 Å². The summed E-state index contributed by atoms with van der Waals surface area (Å²) in [5.41, 5.74) is 0.993. The normalized spacial score (nSPS) is 13.6. The highest BCUT2D eigenvalue weighted by molar-refractivity contribution is 5.87. The smallest absolute Gasteiger partial charge is 0.320 e. The highest BCUT2D eigenvalue weighted by atomic mass is 16.5. The van der Waals surface area contributed by atoms with E-state index in [2.05, 4.69) is 4.98 Å². The first-order valence-corrected chi connectivity index (χ1v) is 6.33. The van der Waals surface area contributed by atoms with Crippen molar-refractivity contribution in [3.8, 4) is 0 Å². The third-order valence-corrected chi connectivity index (χ3v) is 3.29. The molecule has 2 rings (SSSR count). The van der Waals surface area contributed by atoms with Crippen molar-refractivity contribution in [1.82, 2.24) is 4.98 Å². The van der Waals surface area contributed by atoms with E-state index in [-0.39, 0.29) is 5.97 Å². The summed E-state index contributed by atoms with van der Waals surface area (Å²) in [5.74, 6) is -0.243. The largest absolute Gasteiger partial charge is 0.465 e. The van der Waals surface area contributed by atoms with Gasteiger partial charge in [-0.25, -0.2) is 0 Å². The van der Waals surface area contributed by atoms with E-state index in [1.165, 1.54) is 0 Å². The van der Waals surface area contributed by atoms with Crippen LogP contribution in [0.15, 0.2) is 54.9 Å². The molecule has 1 unspecified atom stereocenters. The second kappa shape index (κ2) is 5.65. The number of nitrogens with zero attached hydrogens (tertiary/aromatic N) is 1. The Labute approximate surface area is 113 Å². The minimum atomic E-state index is -0.805. The van der Waals surface area contributed by atoms with Gasteiger partial charge in [-0.2, -0.15) is 0 Å². The maximum absolute atomic E-state index is 12.4. The summed E-state index contributed by atoms with van der Waals surface area (Å²) in [5, 5.41) is 0. The van der Waals surface area contributed by atoms with E-state index in [9.17, 15) is 4.79 Å². The maximum atomic E-state index is 12.4. The molecule has 1 aromatic heterocycles. The first kappa shape index (κ1) is 13.3. The predicted molar refractivity (Wildman–Crippen MR) is 73.8 cm³/mol. The maximum Gasteiger partial charge on any atom is 0.320 e. The Morgan fingerprint density at radius 3 is 2.26 bits per heavy atom. The number of hydrogen-bond donors (Lipinski definition) is 0. The van der Waals surface area contributed by atoms with Crippen molar-refractivity contribution < 1.29 is 9.53 Å². The lowest BCUT2D eigenvalue weighted by Crippen LogP contribution is -2.35. The fourth-order valence-electron chi connectivity index (χ4n) is 2.13. The van der Waals surface area contributed by atoms with Crippen molar-refractivity contribution in [2.75, 3.05) is 6.61 Å². The zero-order valence-corrected chi connectivity index (χ0v) is 11.2. The van der Waals surface area contributed by atoms with E-state index in [1.54, 1.807) is 12.4 Å². The molecule has 0 N–H and O–H groups in total. The summed E-state index contributed by atoms with van der Waals surface area (Å²) in [7, 11) is 0. The summed E-state index contributed by atoms with van der Waals surface area (Å²) in [6, 6.07) is 13.4. The van der Waals surface area contributed by atoms with Gasteiger partial charge in [0.15, 0.2) is 0 Å². The molecular formula is C16H17NO2. The molecule has 0 saturated carbocycles. The lowest BCUT2D eigenvalue weighted by molar-refractivity contribution is -0.147. The van der Waals surface area contributed by atoms with Gasteiger partial charge in [0.05, 0.1) is 6.61 Å². The number of aromatic nitrogens is 1. The monoisotopic (exact) mass is 255 g/mol. The standard InChI is InChI=1S/C16H17NO2/c1-3-19-15(18)16(2,13-7-5-4-6-8-13)14-9-11-17-12-10-14/h4-12H,3H2,1-2H3.